The number of carboxylic acid groups (broad SMARTS) is 1. The van der Waals surface area contributed by atoms with Gasteiger partial charge in [-0.2, -0.15) is 0 Å². The highest BCUT2D eigenvalue weighted by Crippen LogP contribution is 2.49. The van der Waals surface area contributed by atoms with E-state index in [-0.39, 0.29) is 18.2 Å². The van der Waals surface area contributed by atoms with Gasteiger partial charge in [0, 0.05) is 38.3 Å². The van der Waals surface area contributed by atoms with Gasteiger partial charge < -0.3 is 25.0 Å². The molecule has 2 N–H and O–H groups in total. The number of benzene rings is 1. The molecule has 7 nitrogen and oxygen atoms in total. The molecule has 3 aliphatic rings. The Labute approximate surface area is 161 Å². The number of carbonyl (C=O) groups is 2. The molecule has 1 aromatic carbocycles. The molecule has 1 aromatic rings. The van der Waals surface area contributed by atoms with Gasteiger partial charge in [-0.15, -0.1) is 0 Å². The minimum atomic E-state index is -1.05. The van der Waals surface area contributed by atoms with E-state index < -0.39 is 29.0 Å². The van der Waals surface area contributed by atoms with E-state index in [2.05, 4.69) is 5.32 Å². The number of carboxylic acids is 1. The van der Waals surface area contributed by atoms with Crippen molar-refractivity contribution < 1.29 is 28.2 Å². The lowest BCUT2D eigenvalue weighted by Gasteiger charge is -2.31. The fourth-order valence-electron chi connectivity index (χ4n) is 4.69. The highest BCUT2D eigenvalue weighted by Gasteiger charge is 2.55. The number of likely N-dealkylation sites (tertiary alicyclic amines) is 1. The van der Waals surface area contributed by atoms with Crippen LogP contribution in [0.1, 0.15) is 19.3 Å². The molecular weight excluding hydrogens is 372 g/mol. The van der Waals surface area contributed by atoms with Crippen LogP contribution in [0.4, 0.5) is 25.0 Å². The molecule has 0 unspecified atom stereocenters. The number of ether oxygens (including phenoxy) is 1. The summed E-state index contributed by atoms with van der Waals surface area (Å²) in [6.45, 7) is 2.41. The van der Waals surface area contributed by atoms with E-state index in [0.717, 1.165) is 25.0 Å². The van der Waals surface area contributed by atoms with E-state index >= 15 is 0 Å². The SMILES string of the molecule is O=C(Nc1cc(F)c(F)cc1N1CCOCC1)N1C[C@@H]2CCC[C@@]2(C(=O)O)C1. The van der Waals surface area contributed by atoms with E-state index in [1.54, 1.807) is 0 Å². The normalized spacial score (nSPS) is 27.0. The third kappa shape index (κ3) is 3.17. The van der Waals surface area contributed by atoms with Crippen LogP contribution in [0.5, 0.6) is 0 Å². The zero-order chi connectivity index (χ0) is 19.9. The molecule has 2 amide bonds. The summed E-state index contributed by atoms with van der Waals surface area (Å²) < 4.78 is 33.0. The van der Waals surface area contributed by atoms with E-state index in [1.807, 2.05) is 4.90 Å². The first-order chi connectivity index (χ1) is 13.4. The molecule has 2 aliphatic heterocycles. The highest BCUT2D eigenvalue weighted by molar-refractivity contribution is 5.94. The quantitative estimate of drug-likeness (QED) is 0.822. The maximum absolute atomic E-state index is 13.8. The van der Waals surface area contributed by atoms with Crippen molar-refractivity contribution in [1.82, 2.24) is 4.90 Å². The van der Waals surface area contributed by atoms with E-state index in [0.29, 0.717) is 45.0 Å². The number of hydrogen-bond acceptors (Lipinski definition) is 4. The molecule has 28 heavy (non-hydrogen) atoms. The zero-order valence-corrected chi connectivity index (χ0v) is 15.4. The van der Waals surface area contributed by atoms with Gasteiger partial charge in [-0.25, -0.2) is 13.6 Å². The Morgan fingerprint density at radius 3 is 2.61 bits per heavy atom. The van der Waals surface area contributed by atoms with Gasteiger partial charge >= 0.3 is 12.0 Å². The Bertz CT molecular complexity index is 800. The van der Waals surface area contributed by atoms with Crippen LogP contribution in [0.2, 0.25) is 0 Å². The molecule has 0 radical (unpaired) electrons. The fraction of sp³-hybridized carbons (Fsp3) is 0.579. The van der Waals surface area contributed by atoms with Crippen molar-refractivity contribution in [3.8, 4) is 0 Å². The monoisotopic (exact) mass is 395 g/mol. The van der Waals surface area contributed by atoms with Crippen molar-refractivity contribution in [3.05, 3.63) is 23.8 Å². The van der Waals surface area contributed by atoms with Crippen LogP contribution in [-0.4, -0.2) is 61.4 Å². The topological polar surface area (TPSA) is 82.1 Å². The number of morpholine rings is 1. The standard InChI is InChI=1S/C19H23F2N3O4/c20-13-8-15(16(9-14(13)21)23-4-6-28-7-5-23)22-18(27)24-10-12-2-1-3-19(12,11-24)17(25)26/h8-9,12H,1-7,10-11H2,(H,22,27)(H,25,26)/t12-,19+/m0/s1. The maximum atomic E-state index is 13.8. The molecule has 2 atom stereocenters. The largest absolute Gasteiger partial charge is 0.481 e. The van der Waals surface area contributed by atoms with Gasteiger partial charge in [0.05, 0.1) is 30.0 Å². The third-order valence-corrected chi connectivity index (χ3v) is 6.22. The Morgan fingerprint density at radius 2 is 1.93 bits per heavy atom. The van der Waals surface area contributed by atoms with Crippen molar-refractivity contribution in [2.45, 2.75) is 19.3 Å². The molecule has 1 aliphatic carbocycles. The summed E-state index contributed by atoms with van der Waals surface area (Å²) in [7, 11) is 0. The summed E-state index contributed by atoms with van der Waals surface area (Å²) in [5, 5.41) is 12.3. The van der Waals surface area contributed by atoms with Crippen LogP contribution < -0.4 is 10.2 Å². The summed E-state index contributed by atoms with van der Waals surface area (Å²) in [5.41, 5.74) is -0.326. The third-order valence-electron chi connectivity index (χ3n) is 6.22. The smallest absolute Gasteiger partial charge is 0.321 e. The molecule has 152 valence electrons. The summed E-state index contributed by atoms with van der Waals surface area (Å²) >= 11 is 0. The van der Waals surface area contributed by atoms with Gasteiger partial charge in [0.2, 0.25) is 0 Å². The van der Waals surface area contributed by atoms with Gasteiger partial charge in [-0.1, -0.05) is 6.42 Å². The van der Waals surface area contributed by atoms with E-state index in [4.69, 9.17) is 4.74 Å². The van der Waals surface area contributed by atoms with Crippen molar-refractivity contribution in [2.75, 3.05) is 49.6 Å². The highest BCUT2D eigenvalue weighted by atomic mass is 19.2. The van der Waals surface area contributed by atoms with Gasteiger partial charge in [0.1, 0.15) is 0 Å². The Balaban J connectivity index is 1.55. The molecule has 1 saturated carbocycles. The maximum Gasteiger partial charge on any atom is 0.321 e. The molecular formula is C19H23F2N3O4. The number of carbonyl (C=O) groups excluding carboxylic acids is 1. The van der Waals surface area contributed by atoms with Gasteiger partial charge in [0.15, 0.2) is 11.6 Å². The lowest BCUT2D eigenvalue weighted by Crippen LogP contribution is -2.40. The molecule has 0 spiro atoms. The number of halogens is 2. The second kappa shape index (κ2) is 7.20. The lowest BCUT2D eigenvalue weighted by molar-refractivity contribution is -0.149. The van der Waals surface area contributed by atoms with Gasteiger partial charge in [0.25, 0.3) is 0 Å². The molecule has 0 bridgehead atoms. The summed E-state index contributed by atoms with van der Waals surface area (Å²) in [6, 6.07) is 1.56. The Kier molecular flexibility index (Phi) is 4.86. The van der Waals surface area contributed by atoms with Gasteiger partial charge in [-0.05, 0) is 18.8 Å². The first kappa shape index (κ1) is 18.9. The Hall–Kier alpha value is -2.42. The number of amides is 2. The summed E-state index contributed by atoms with van der Waals surface area (Å²) in [5.74, 6) is -2.97. The van der Waals surface area contributed by atoms with Crippen molar-refractivity contribution in [1.29, 1.82) is 0 Å². The number of urea groups is 1. The number of fused-ring (bicyclic) bond motifs is 1. The number of hydrogen-bond donors (Lipinski definition) is 2. The molecule has 2 heterocycles. The average molecular weight is 395 g/mol. The molecule has 3 fully saturated rings. The summed E-state index contributed by atoms with van der Waals surface area (Å²) in [6.07, 6.45) is 2.18. The van der Waals surface area contributed by atoms with Crippen LogP contribution in [0, 0.1) is 23.0 Å². The number of aliphatic carboxylic acids is 1. The lowest BCUT2D eigenvalue weighted by atomic mass is 9.81. The number of rotatable bonds is 3. The first-order valence-corrected chi connectivity index (χ1v) is 9.52. The zero-order valence-electron chi connectivity index (χ0n) is 15.4. The molecule has 0 aromatic heterocycles. The van der Waals surface area contributed by atoms with Crippen LogP contribution in [0.3, 0.4) is 0 Å². The summed E-state index contributed by atoms with van der Waals surface area (Å²) in [4.78, 5) is 27.9. The molecule has 9 heteroatoms. The van der Waals surface area contributed by atoms with Crippen molar-refractivity contribution in [2.24, 2.45) is 11.3 Å². The second-order valence-corrected chi connectivity index (χ2v) is 7.74. The average Bonchev–Trinajstić information content (AvgIpc) is 3.24. The van der Waals surface area contributed by atoms with E-state index in [9.17, 15) is 23.5 Å². The predicted molar refractivity (Wildman–Crippen MR) is 97.4 cm³/mol. The van der Waals surface area contributed by atoms with Crippen molar-refractivity contribution >= 4 is 23.4 Å². The van der Waals surface area contributed by atoms with Crippen LogP contribution in [-0.2, 0) is 9.53 Å². The van der Waals surface area contributed by atoms with Gasteiger partial charge in [-0.3, -0.25) is 4.79 Å². The minimum Gasteiger partial charge on any atom is -0.481 e. The number of nitrogens with zero attached hydrogens (tertiary/aromatic N) is 2. The molecule has 4 rings (SSSR count). The minimum absolute atomic E-state index is 0.0700. The van der Waals surface area contributed by atoms with Crippen LogP contribution >= 0.6 is 0 Å². The second-order valence-electron chi connectivity index (χ2n) is 7.74. The van der Waals surface area contributed by atoms with Crippen molar-refractivity contribution in [3.63, 3.8) is 0 Å². The molecule has 2 saturated heterocycles. The fourth-order valence-corrected chi connectivity index (χ4v) is 4.69. The predicted octanol–water partition coefficient (Wildman–Crippen LogP) is 2.52. The Morgan fingerprint density at radius 1 is 1.21 bits per heavy atom. The van der Waals surface area contributed by atoms with E-state index in [1.165, 1.54) is 4.90 Å². The van der Waals surface area contributed by atoms with Crippen LogP contribution in [0.15, 0.2) is 12.1 Å². The first-order valence-electron chi connectivity index (χ1n) is 9.52. The van der Waals surface area contributed by atoms with Crippen LogP contribution in [0.25, 0.3) is 0 Å². The number of anilines is 2. The number of nitrogens with one attached hydrogen (secondary N) is 1.